The van der Waals surface area contributed by atoms with Crippen LogP contribution in [0.5, 0.6) is 0 Å². The van der Waals surface area contributed by atoms with E-state index in [1.54, 1.807) is 0 Å². The fourth-order valence-corrected chi connectivity index (χ4v) is 2.31. The Morgan fingerprint density at radius 3 is 2.38 bits per heavy atom. The smallest absolute Gasteiger partial charge is 0.0965 e. The lowest BCUT2D eigenvalue weighted by atomic mass is 10.1. The molecule has 92 valence electrons. The van der Waals surface area contributed by atoms with Crippen molar-refractivity contribution in [3.63, 3.8) is 0 Å². The van der Waals surface area contributed by atoms with Crippen molar-refractivity contribution in [1.29, 1.82) is 5.26 Å². The Kier molecular flexibility index (Phi) is 7.20. The lowest BCUT2D eigenvalue weighted by Gasteiger charge is -2.25. The molecule has 1 fully saturated rings. The van der Waals surface area contributed by atoms with Gasteiger partial charge in [0.05, 0.1) is 12.1 Å². The van der Waals surface area contributed by atoms with Crippen LogP contribution in [0.25, 0.3) is 0 Å². The maximum Gasteiger partial charge on any atom is 0.0965 e. The number of rotatable bonds is 5. The summed E-state index contributed by atoms with van der Waals surface area (Å²) in [4.78, 5) is 2.53. The lowest BCUT2D eigenvalue weighted by Crippen LogP contribution is -2.34. The van der Waals surface area contributed by atoms with Gasteiger partial charge in [-0.05, 0) is 38.9 Å². The van der Waals surface area contributed by atoms with Crippen molar-refractivity contribution in [2.45, 2.75) is 51.5 Å². The molecule has 0 radical (unpaired) electrons. The van der Waals surface area contributed by atoms with E-state index in [1.807, 2.05) is 0 Å². The van der Waals surface area contributed by atoms with Crippen molar-refractivity contribution < 1.29 is 0 Å². The average Bonchev–Trinajstić information content (AvgIpc) is 2.26. The Morgan fingerprint density at radius 2 is 1.81 bits per heavy atom. The van der Waals surface area contributed by atoms with Crippen LogP contribution in [0.3, 0.4) is 0 Å². The second-order valence-electron chi connectivity index (χ2n) is 4.64. The first kappa shape index (κ1) is 13.5. The molecule has 1 atom stereocenters. The van der Waals surface area contributed by atoms with E-state index in [1.165, 1.54) is 45.2 Å². The van der Waals surface area contributed by atoms with E-state index in [0.29, 0.717) is 0 Å². The van der Waals surface area contributed by atoms with Crippen LogP contribution >= 0.6 is 0 Å². The highest BCUT2D eigenvalue weighted by molar-refractivity contribution is 4.89. The first-order valence-corrected chi connectivity index (χ1v) is 6.72. The molecule has 1 aliphatic heterocycles. The Bertz CT molecular complexity index is 202. The largest absolute Gasteiger partial charge is 0.303 e. The molecule has 1 unspecified atom stereocenters. The summed E-state index contributed by atoms with van der Waals surface area (Å²) in [6, 6.07) is 2.37. The lowest BCUT2D eigenvalue weighted by molar-refractivity contribution is 0.239. The number of nitriles is 1. The summed E-state index contributed by atoms with van der Waals surface area (Å²) < 4.78 is 0. The SMILES string of the molecule is CCNC(C#N)CCN1CCCCCCC1. The van der Waals surface area contributed by atoms with E-state index >= 15 is 0 Å². The zero-order valence-corrected chi connectivity index (χ0v) is 10.5. The van der Waals surface area contributed by atoms with Crippen molar-refractivity contribution in [3.8, 4) is 6.07 Å². The maximum absolute atomic E-state index is 8.96. The summed E-state index contributed by atoms with van der Waals surface area (Å²) in [6.07, 6.45) is 7.80. The van der Waals surface area contributed by atoms with Gasteiger partial charge in [-0.15, -0.1) is 0 Å². The first-order chi connectivity index (χ1) is 7.86. The summed E-state index contributed by atoms with van der Waals surface area (Å²) in [5, 5.41) is 12.2. The standard InChI is InChI=1S/C13H25N3/c1-2-15-13(12-14)8-11-16-9-6-4-3-5-7-10-16/h13,15H,2-11H2,1H3. The fraction of sp³-hybridized carbons (Fsp3) is 0.923. The molecule has 1 rings (SSSR count). The molecule has 0 spiro atoms. The van der Waals surface area contributed by atoms with Gasteiger partial charge in [-0.3, -0.25) is 0 Å². The molecule has 0 aromatic heterocycles. The van der Waals surface area contributed by atoms with Crippen LogP contribution in [0.2, 0.25) is 0 Å². The average molecular weight is 223 g/mol. The van der Waals surface area contributed by atoms with Gasteiger partial charge in [0.1, 0.15) is 0 Å². The van der Waals surface area contributed by atoms with E-state index in [-0.39, 0.29) is 6.04 Å². The number of hydrogen-bond donors (Lipinski definition) is 1. The van der Waals surface area contributed by atoms with E-state index in [4.69, 9.17) is 5.26 Å². The molecular weight excluding hydrogens is 198 g/mol. The number of nitrogens with zero attached hydrogens (tertiary/aromatic N) is 2. The van der Waals surface area contributed by atoms with Crippen molar-refractivity contribution in [2.24, 2.45) is 0 Å². The summed E-state index contributed by atoms with van der Waals surface area (Å²) >= 11 is 0. The zero-order chi connectivity index (χ0) is 11.6. The number of hydrogen-bond acceptors (Lipinski definition) is 3. The minimum atomic E-state index is 0.0374. The van der Waals surface area contributed by atoms with E-state index < -0.39 is 0 Å². The van der Waals surface area contributed by atoms with Gasteiger partial charge in [0, 0.05) is 6.54 Å². The third-order valence-electron chi connectivity index (χ3n) is 3.29. The Balaban J connectivity index is 2.20. The molecule has 1 N–H and O–H groups in total. The topological polar surface area (TPSA) is 39.1 Å². The van der Waals surface area contributed by atoms with E-state index in [0.717, 1.165) is 19.5 Å². The monoisotopic (exact) mass is 223 g/mol. The van der Waals surface area contributed by atoms with Crippen LogP contribution in [-0.4, -0.2) is 37.1 Å². The van der Waals surface area contributed by atoms with E-state index in [9.17, 15) is 0 Å². The zero-order valence-electron chi connectivity index (χ0n) is 10.5. The molecule has 3 nitrogen and oxygen atoms in total. The van der Waals surface area contributed by atoms with Gasteiger partial charge in [-0.1, -0.05) is 26.2 Å². The van der Waals surface area contributed by atoms with E-state index in [2.05, 4.69) is 23.2 Å². The van der Waals surface area contributed by atoms with Crippen molar-refractivity contribution in [1.82, 2.24) is 10.2 Å². The second-order valence-corrected chi connectivity index (χ2v) is 4.64. The highest BCUT2D eigenvalue weighted by Crippen LogP contribution is 2.10. The van der Waals surface area contributed by atoms with Crippen LogP contribution in [0.15, 0.2) is 0 Å². The minimum Gasteiger partial charge on any atom is -0.303 e. The summed E-state index contributed by atoms with van der Waals surface area (Å²) in [5.74, 6) is 0. The van der Waals surface area contributed by atoms with Crippen molar-refractivity contribution >= 4 is 0 Å². The molecule has 16 heavy (non-hydrogen) atoms. The molecule has 1 saturated heterocycles. The second kappa shape index (κ2) is 8.55. The summed E-state index contributed by atoms with van der Waals surface area (Å²) in [7, 11) is 0. The predicted octanol–water partition coefficient (Wildman–Crippen LogP) is 2.14. The van der Waals surface area contributed by atoms with Gasteiger partial charge in [0.2, 0.25) is 0 Å². The van der Waals surface area contributed by atoms with Gasteiger partial charge in [0.15, 0.2) is 0 Å². The molecule has 0 bridgehead atoms. The number of likely N-dealkylation sites (tertiary alicyclic amines) is 1. The van der Waals surface area contributed by atoms with Crippen LogP contribution < -0.4 is 5.32 Å². The van der Waals surface area contributed by atoms with Gasteiger partial charge < -0.3 is 10.2 Å². The first-order valence-electron chi connectivity index (χ1n) is 6.72. The molecule has 1 aliphatic rings. The molecule has 0 aliphatic carbocycles. The molecule has 0 saturated carbocycles. The molecule has 3 heteroatoms. The Morgan fingerprint density at radius 1 is 1.19 bits per heavy atom. The van der Waals surface area contributed by atoms with Gasteiger partial charge >= 0.3 is 0 Å². The van der Waals surface area contributed by atoms with Crippen LogP contribution in [0.4, 0.5) is 0 Å². The summed E-state index contributed by atoms with van der Waals surface area (Å²) in [5.41, 5.74) is 0. The molecular formula is C13H25N3. The number of nitrogens with one attached hydrogen (secondary N) is 1. The maximum atomic E-state index is 8.96. The van der Waals surface area contributed by atoms with Crippen molar-refractivity contribution in [2.75, 3.05) is 26.2 Å². The molecule has 0 aromatic carbocycles. The van der Waals surface area contributed by atoms with Crippen LogP contribution in [-0.2, 0) is 0 Å². The normalized spacial score (nSPS) is 20.8. The predicted molar refractivity (Wildman–Crippen MR) is 67.2 cm³/mol. The van der Waals surface area contributed by atoms with Gasteiger partial charge in [-0.25, -0.2) is 0 Å². The third kappa shape index (κ3) is 5.48. The Labute approximate surface area is 99.8 Å². The van der Waals surface area contributed by atoms with Crippen molar-refractivity contribution in [3.05, 3.63) is 0 Å². The molecule has 0 aromatic rings. The molecule has 0 amide bonds. The fourth-order valence-electron chi connectivity index (χ4n) is 2.31. The minimum absolute atomic E-state index is 0.0374. The van der Waals surface area contributed by atoms with Crippen LogP contribution in [0, 0.1) is 11.3 Å². The highest BCUT2D eigenvalue weighted by Gasteiger charge is 2.11. The van der Waals surface area contributed by atoms with Crippen LogP contribution in [0.1, 0.15) is 45.4 Å². The quantitative estimate of drug-likeness (QED) is 0.776. The third-order valence-corrected chi connectivity index (χ3v) is 3.29. The Hall–Kier alpha value is -0.590. The summed E-state index contributed by atoms with van der Waals surface area (Å²) in [6.45, 7) is 6.47. The highest BCUT2D eigenvalue weighted by atomic mass is 15.1. The molecule has 1 heterocycles. The van der Waals surface area contributed by atoms with Gasteiger partial charge in [-0.2, -0.15) is 5.26 Å². The van der Waals surface area contributed by atoms with Gasteiger partial charge in [0.25, 0.3) is 0 Å².